The molecule has 3 aromatic carbocycles. The number of carbonyl (C=O) groups excluding carboxylic acids is 3. The van der Waals surface area contributed by atoms with E-state index in [2.05, 4.69) is 17.2 Å². The molecule has 0 radical (unpaired) electrons. The topological polar surface area (TPSA) is 69.7 Å². The van der Waals surface area contributed by atoms with Crippen LogP contribution in [-0.2, 0) is 20.9 Å². The normalized spacial score (nSPS) is 11.9. The van der Waals surface area contributed by atoms with Gasteiger partial charge in [0.25, 0.3) is 0 Å². The second-order valence-corrected chi connectivity index (χ2v) is 9.46. The van der Waals surface area contributed by atoms with Crippen molar-refractivity contribution >= 4 is 35.9 Å². The Kier molecular flexibility index (Phi) is 10.0. The Hall–Kier alpha value is -4.15. The molecule has 2 amide bonds. The lowest BCUT2D eigenvalue weighted by atomic mass is 9.96. The first-order chi connectivity index (χ1) is 18.3. The van der Waals surface area contributed by atoms with Crippen molar-refractivity contribution < 1.29 is 18.8 Å². The highest BCUT2D eigenvalue weighted by Gasteiger charge is 2.36. The molecule has 3 rings (SSSR count). The number of likely N-dealkylation sites (N-methyl/N-ethyl adjacent to an activating group) is 1. The summed E-state index contributed by atoms with van der Waals surface area (Å²) >= 11 is 6.12. The van der Waals surface area contributed by atoms with Crippen LogP contribution in [0.25, 0.3) is 0 Å². The Morgan fingerprint density at radius 3 is 2.39 bits per heavy atom. The summed E-state index contributed by atoms with van der Waals surface area (Å²) in [7, 11) is 1.73. The summed E-state index contributed by atoms with van der Waals surface area (Å²) in [5, 5.41) is 3.00. The second kappa shape index (κ2) is 13.4. The van der Waals surface area contributed by atoms with E-state index >= 15 is 0 Å². The van der Waals surface area contributed by atoms with Gasteiger partial charge in [0.1, 0.15) is 17.6 Å². The first kappa shape index (κ1) is 28.4. The van der Waals surface area contributed by atoms with Crippen LogP contribution < -0.4 is 10.2 Å². The largest absolute Gasteiger partial charge is 0.370 e. The van der Waals surface area contributed by atoms with Gasteiger partial charge in [-0.1, -0.05) is 53.8 Å². The summed E-state index contributed by atoms with van der Waals surface area (Å²) in [5.41, 5.74) is 1.10. The van der Waals surface area contributed by atoms with Gasteiger partial charge < -0.3 is 19.9 Å². The first-order valence-corrected chi connectivity index (χ1v) is 12.4. The van der Waals surface area contributed by atoms with Gasteiger partial charge in [0.05, 0.1) is 5.69 Å². The van der Waals surface area contributed by atoms with Crippen molar-refractivity contribution in [2.45, 2.75) is 25.4 Å². The van der Waals surface area contributed by atoms with Gasteiger partial charge in [-0.05, 0) is 55.0 Å². The van der Waals surface area contributed by atoms with Crippen molar-refractivity contribution in [2.24, 2.45) is 0 Å². The number of nitrogens with zero attached hydrogens (tertiary/aromatic N) is 2. The molecule has 8 heteroatoms. The number of amides is 2. The Bertz CT molecular complexity index is 1330. The van der Waals surface area contributed by atoms with E-state index in [1.807, 2.05) is 36.4 Å². The minimum Gasteiger partial charge on any atom is -0.370 e. The Morgan fingerprint density at radius 2 is 1.74 bits per heavy atom. The molecule has 0 heterocycles. The fourth-order valence-electron chi connectivity index (χ4n) is 3.91. The zero-order chi connectivity index (χ0) is 27.5. The molecule has 196 valence electrons. The van der Waals surface area contributed by atoms with Crippen LogP contribution >= 0.6 is 11.6 Å². The van der Waals surface area contributed by atoms with Crippen molar-refractivity contribution in [3.63, 3.8) is 0 Å². The number of nitrogens with one attached hydrogen (secondary N) is 1. The minimum atomic E-state index is -1.41. The van der Waals surface area contributed by atoms with Crippen LogP contribution in [-0.4, -0.2) is 49.2 Å². The molecule has 0 aromatic heterocycles. The third-order valence-electron chi connectivity index (χ3n) is 6.08. The molecule has 0 bridgehead atoms. The van der Waals surface area contributed by atoms with Crippen LogP contribution in [0.4, 0.5) is 10.1 Å². The lowest BCUT2D eigenvalue weighted by Crippen LogP contribution is -2.56. The van der Waals surface area contributed by atoms with E-state index in [0.29, 0.717) is 29.0 Å². The van der Waals surface area contributed by atoms with E-state index in [1.165, 1.54) is 17.9 Å². The van der Waals surface area contributed by atoms with Gasteiger partial charge in [-0.25, -0.2) is 4.39 Å². The van der Waals surface area contributed by atoms with Gasteiger partial charge in [-0.3, -0.25) is 9.59 Å². The Balaban J connectivity index is 1.78. The van der Waals surface area contributed by atoms with E-state index in [4.69, 9.17) is 11.6 Å². The highest BCUT2D eigenvalue weighted by atomic mass is 35.5. The van der Waals surface area contributed by atoms with Crippen LogP contribution in [0.15, 0.2) is 72.8 Å². The molecule has 0 aliphatic rings. The molecular weight excluding hydrogens is 505 g/mol. The highest BCUT2D eigenvalue weighted by molar-refractivity contribution is 6.30. The molecule has 1 unspecified atom stereocenters. The summed E-state index contributed by atoms with van der Waals surface area (Å²) in [5.74, 6) is 5.11. The standard InChI is InChI=1S/C30H29ClFN3O3/c1-30(15-18-36,33-22-37)29(38)35(21-25-9-6-10-26(31)19-25)17-16-34(2)28-14-13-24(20-27(28)32)12-11-23-7-4-3-5-8-23/h3-10,13-14,18-20,22H,15-17,21H2,1-2H3,(H,33,37). The number of aldehydes is 1. The van der Waals surface area contributed by atoms with Crippen molar-refractivity contribution in [1.82, 2.24) is 10.2 Å². The van der Waals surface area contributed by atoms with Crippen LogP contribution in [0.2, 0.25) is 5.02 Å². The smallest absolute Gasteiger partial charge is 0.248 e. The van der Waals surface area contributed by atoms with Crippen molar-refractivity contribution in [1.29, 1.82) is 0 Å². The molecule has 0 aliphatic carbocycles. The molecule has 1 atom stereocenters. The summed E-state index contributed by atoms with van der Waals surface area (Å²) in [6.45, 7) is 2.18. The predicted molar refractivity (Wildman–Crippen MR) is 147 cm³/mol. The molecule has 0 saturated carbocycles. The van der Waals surface area contributed by atoms with E-state index in [9.17, 15) is 18.8 Å². The zero-order valence-corrected chi connectivity index (χ0v) is 22.0. The maximum absolute atomic E-state index is 15.0. The predicted octanol–water partition coefficient (Wildman–Crippen LogP) is 4.44. The summed E-state index contributed by atoms with van der Waals surface area (Å²) in [6.07, 6.45) is 0.810. The molecule has 6 nitrogen and oxygen atoms in total. The summed E-state index contributed by atoms with van der Waals surface area (Å²) in [6, 6.07) is 21.3. The molecule has 3 aromatic rings. The van der Waals surface area contributed by atoms with Crippen molar-refractivity contribution in [2.75, 3.05) is 25.0 Å². The highest BCUT2D eigenvalue weighted by Crippen LogP contribution is 2.21. The molecular formula is C30H29ClFN3O3. The number of benzene rings is 3. The van der Waals surface area contributed by atoms with Crippen LogP contribution in [0, 0.1) is 17.7 Å². The molecule has 0 saturated heterocycles. The Morgan fingerprint density at radius 1 is 1.00 bits per heavy atom. The molecule has 0 aliphatic heterocycles. The maximum atomic E-state index is 15.0. The van der Waals surface area contributed by atoms with E-state index in [0.717, 1.165) is 11.1 Å². The van der Waals surface area contributed by atoms with E-state index in [1.54, 1.807) is 42.3 Å². The summed E-state index contributed by atoms with van der Waals surface area (Å²) in [4.78, 5) is 39.2. The number of anilines is 1. The lowest BCUT2D eigenvalue weighted by Gasteiger charge is -2.34. The maximum Gasteiger partial charge on any atom is 0.248 e. The van der Waals surface area contributed by atoms with Gasteiger partial charge in [-0.15, -0.1) is 0 Å². The quantitative estimate of drug-likeness (QED) is 0.292. The fourth-order valence-corrected chi connectivity index (χ4v) is 4.13. The molecule has 1 N–H and O–H groups in total. The Labute approximate surface area is 227 Å². The summed E-state index contributed by atoms with van der Waals surface area (Å²) < 4.78 is 15.0. The molecule has 0 spiro atoms. The second-order valence-electron chi connectivity index (χ2n) is 9.03. The van der Waals surface area contributed by atoms with E-state index < -0.39 is 17.3 Å². The van der Waals surface area contributed by atoms with E-state index in [-0.39, 0.29) is 26.1 Å². The lowest BCUT2D eigenvalue weighted by molar-refractivity contribution is -0.141. The minimum absolute atomic E-state index is 0.188. The van der Waals surface area contributed by atoms with Gasteiger partial charge in [0, 0.05) is 49.3 Å². The average Bonchev–Trinajstić information content (AvgIpc) is 2.90. The van der Waals surface area contributed by atoms with Crippen LogP contribution in [0.5, 0.6) is 0 Å². The number of halogens is 2. The number of hydrogen-bond donors (Lipinski definition) is 1. The van der Waals surface area contributed by atoms with Crippen molar-refractivity contribution in [3.8, 4) is 11.8 Å². The number of carbonyl (C=O) groups is 3. The monoisotopic (exact) mass is 533 g/mol. The first-order valence-electron chi connectivity index (χ1n) is 12.0. The number of rotatable bonds is 11. The van der Waals surface area contributed by atoms with Crippen LogP contribution in [0.1, 0.15) is 30.0 Å². The fraction of sp³-hybridized carbons (Fsp3) is 0.233. The van der Waals surface area contributed by atoms with Gasteiger partial charge in [0.15, 0.2) is 0 Å². The van der Waals surface area contributed by atoms with Crippen LogP contribution in [0.3, 0.4) is 0 Å². The third kappa shape index (κ3) is 7.67. The molecule has 38 heavy (non-hydrogen) atoms. The molecule has 0 fully saturated rings. The van der Waals surface area contributed by atoms with Gasteiger partial charge in [0.2, 0.25) is 12.3 Å². The van der Waals surface area contributed by atoms with Gasteiger partial charge >= 0.3 is 0 Å². The van der Waals surface area contributed by atoms with Crippen molar-refractivity contribution in [3.05, 3.63) is 100 Å². The SMILES string of the molecule is CN(CCN(Cc1cccc(Cl)c1)C(=O)C(C)(CC=O)NC=O)c1ccc(C#Cc2ccccc2)cc1F. The van der Waals surface area contributed by atoms with Gasteiger partial charge in [-0.2, -0.15) is 0 Å². The number of hydrogen-bond acceptors (Lipinski definition) is 4. The average molecular weight is 534 g/mol. The zero-order valence-electron chi connectivity index (χ0n) is 21.3. The third-order valence-corrected chi connectivity index (χ3v) is 6.32.